The molecule has 0 aliphatic rings. The second kappa shape index (κ2) is 4.88. The Morgan fingerprint density at radius 2 is 1.81 bits per heavy atom. The topological polar surface area (TPSA) is 32.8 Å². The van der Waals surface area contributed by atoms with Crippen molar-refractivity contribution in [3.05, 3.63) is 23.8 Å². The Kier molecular flexibility index (Phi) is 3.77. The fourth-order valence-corrected chi connectivity index (χ4v) is 1.25. The molecular weight excluding hydrogens is 204 g/mol. The number of amides is 1. The normalized spacial score (nSPS) is 9.81. The van der Waals surface area contributed by atoms with Crippen LogP contribution in [-0.2, 0) is 0 Å². The number of nitrogens with zero attached hydrogens (tertiary/aromatic N) is 2. The lowest BCUT2D eigenvalue weighted by atomic mass is 10.2. The third-order valence-corrected chi connectivity index (χ3v) is 2.16. The molecule has 0 heterocycles. The van der Waals surface area contributed by atoms with E-state index in [1.54, 1.807) is 14.1 Å². The lowest BCUT2D eigenvalue weighted by molar-refractivity contribution is 0.172. The van der Waals surface area contributed by atoms with Crippen LogP contribution in [0, 0.1) is 6.92 Å². The molecule has 4 nitrogen and oxygen atoms in total. The first-order chi connectivity index (χ1) is 7.41. The number of ether oxygens (including phenoxy) is 1. The quantitative estimate of drug-likeness (QED) is 0.768. The zero-order chi connectivity index (χ0) is 12.3. The number of aryl methyl sites for hydroxylation is 1. The minimum absolute atomic E-state index is 0.369. The summed E-state index contributed by atoms with van der Waals surface area (Å²) in [7, 11) is 7.15. The molecule has 1 rings (SSSR count). The highest BCUT2D eigenvalue weighted by molar-refractivity contribution is 5.73. The molecular formula is C12H18N2O2. The van der Waals surface area contributed by atoms with Gasteiger partial charge < -0.3 is 14.5 Å². The van der Waals surface area contributed by atoms with Crippen LogP contribution in [0.1, 0.15) is 5.56 Å². The van der Waals surface area contributed by atoms with Gasteiger partial charge in [0.2, 0.25) is 0 Å². The van der Waals surface area contributed by atoms with E-state index < -0.39 is 0 Å². The Balaban J connectivity index is 2.99. The lowest BCUT2D eigenvalue weighted by Gasteiger charge is -2.19. The van der Waals surface area contributed by atoms with E-state index in [0.717, 1.165) is 11.3 Å². The molecule has 0 unspecified atom stereocenters. The lowest BCUT2D eigenvalue weighted by Crippen LogP contribution is -2.26. The van der Waals surface area contributed by atoms with Gasteiger partial charge >= 0.3 is 6.09 Å². The molecule has 0 saturated heterocycles. The van der Waals surface area contributed by atoms with Gasteiger partial charge in [-0.05, 0) is 24.6 Å². The number of hydrogen-bond donors (Lipinski definition) is 0. The summed E-state index contributed by atoms with van der Waals surface area (Å²) in [5.74, 6) is 0.578. The third kappa shape index (κ3) is 2.89. The maximum absolute atomic E-state index is 11.5. The zero-order valence-electron chi connectivity index (χ0n) is 10.4. The average Bonchev–Trinajstić information content (AvgIpc) is 2.20. The molecule has 0 spiro atoms. The minimum Gasteiger partial charge on any atom is -0.408 e. The van der Waals surface area contributed by atoms with Crippen molar-refractivity contribution in [3.63, 3.8) is 0 Å². The van der Waals surface area contributed by atoms with Gasteiger partial charge in [-0.25, -0.2) is 4.79 Å². The number of carbonyl (C=O) groups is 1. The molecule has 0 radical (unpaired) electrons. The molecule has 0 N–H and O–H groups in total. The van der Waals surface area contributed by atoms with E-state index in [2.05, 4.69) is 0 Å². The van der Waals surface area contributed by atoms with E-state index in [1.165, 1.54) is 4.90 Å². The van der Waals surface area contributed by atoms with Crippen molar-refractivity contribution in [2.45, 2.75) is 6.92 Å². The van der Waals surface area contributed by atoms with Crippen LogP contribution in [0.4, 0.5) is 10.5 Å². The third-order valence-electron chi connectivity index (χ3n) is 2.16. The second-order valence-electron chi connectivity index (χ2n) is 4.13. The Bertz CT molecular complexity index is 387. The molecule has 1 aromatic carbocycles. The summed E-state index contributed by atoms with van der Waals surface area (Å²) in [6, 6.07) is 5.72. The van der Waals surface area contributed by atoms with Crippen molar-refractivity contribution in [1.82, 2.24) is 4.90 Å². The van der Waals surface area contributed by atoms with Crippen molar-refractivity contribution < 1.29 is 9.53 Å². The molecule has 4 heteroatoms. The highest BCUT2D eigenvalue weighted by Gasteiger charge is 2.12. The van der Waals surface area contributed by atoms with Gasteiger partial charge in [0.25, 0.3) is 0 Å². The monoisotopic (exact) mass is 222 g/mol. The van der Waals surface area contributed by atoms with Crippen molar-refractivity contribution >= 4 is 11.8 Å². The number of rotatable bonds is 2. The molecule has 0 bridgehead atoms. The highest BCUT2D eigenvalue weighted by Crippen LogP contribution is 2.28. The molecule has 16 heavy (non-hydrogen) atoms. The van der Waals surface area contributed by atoms with Crippen LogP contribution in [0.2, 0.25) is 0 Å². The van der Waals surface area contributed by atoms with Crippen molar-refractivity contribution in [1.29, 1.82) is 0 Å². The molecule has 0 aromatic heterocycles. The summed E-state index contributed by atoms with van der Waals surface area (Å²) in [5, 5.41) is 0. The predicted molar refractivity (Wildman–Crippen MR) is 65.2 cm³/mol. The maximum atomic E-state index is 11.5. The van der Waals surface area contributed by atoms with Crippen LogP contribution < -0.4 is 9.64 Å². The molecule has 1 aromatic rings. The number of carbonyl (C=O) groups excluding carboxylic acids is 1. The molecule has 0 aliphatic carbocycles. The van der Waals surface area contributed by atoms with Gasteiger partial charge in [-0.1, -0.05) is 6.07 Å². The summed E-state index contributed by atoms with van der Waals surface area (Å²) in [6.07, 6.45) is -0.369. The molecule has 0 fully saturated rings. The average molecular weight is 222 g/mol. The van der Waals surface area contributed by atoms with Gasteiger partial charge in [-0.2, -0.15) is 0 Å². The largest absolute Gasteiger partial charge is 0.414 e. The van der Waals surface area contributed by atoms with E-state index in [-0.39, 0.29) is 6.09 Å². The highest BCUT2D eigenvalue weighted by atomic mass is 16.6. The van der Waals surface area contributed by atoms with Crippen molar-refractivity contribution in [2.24, 2.45) is 0 Å². The molecule has 88 valence electrons. The molecule has 0 aliphatic heterocycles. The minimum atomic E-state index is -0.369. The summed E-state index contributed by atoms with van der Waals surface area (Å²) < 4.78 is 5.27. The Morgan fingerprint density at radius 1 is 1.19 bits per heavy atom. The summed E-state index contributed by atoms with van der Waals surface area (Å²) in [5.41, 5.74) is 2.03. The van der Waals surface area contributed by atoms with Gasteiger partial charge in [0.15, 0.2) is 5.75 Å². The molecule has 1 amide bonds. The number of benzene rings is 1. The Morgan fingerprint density at radius 3 is 2.31 bits per heavy atom. The van der Waals surface area contributed by atoms with Gasteiger partial charge in [-0.15, -0.1) is 0 Å². The van der Waals surface area contributed by atoms with Crippen LogP contribution in [0.25, 0.3) is 0 Å². The fourth-order valence-electron chi connectivity index (χ4n) is 1.25. The summed E-state index contributed by atoms with van der Waals surface area (Å²) in [4.78, 5) is 14.8. The Labute approximate surface area is 96.4 Å². The van der Waals surface area contributed by atoms with Crippen LogP contribution in [-0.4, -0.2) is 39.2 Å². The van der Waals surface area contributed by atoms with Crippen LogP contribution >= 0.6 is 0 Å². The molecule has 0 saturated carbocycles. The first-order valence-electron chi connectivity index (χ1n) is 5.09. The van der Waals surface area contributed by atoms with Crippen LogP contribution in [0.5, 0.6) is 5.75 Å². The first kappa shape index (κ1) is 12.4. The Hall–Kier alpha value is -1.71. The standard InChI is InChI=1S/C12H18N2O2/c1-9-6-7-11(10(8-9)13(2)3)16-12(15)14(4)5/h6-8H,1-5H3. The first-order valence-corrected chi connectivity index (χ1v) is 5.09. The van der Waals surface area contributed by atoms with Gasteiger partial charge in [-0.3, -0.25) is 0 Å². The van der Waals surface area contributed by atoms with Gasteiger partial charge in [0.05, 0.1) is 5.69 Å². The van der Waals surface area contributed by atoms with Crippen molar-refractivity contribution in [3.8, 4) is 5.75 Å². The van der Waals surface area contributed by atoms with E-state index in [0.29, 0.717) is 5.75 Å². The van der Waals surface area contributed by atoms with E-state index in [4.69, 9.17) is 4.74 Å². The van der Waals surface area contributed by atoms with Crippen molar-refractivity contribution in [2.75, 3.05) is 33.1 Å². The van der Waals surface area contributed by atoms with Gasteiger partial charge in [0, 0.05) is 28.2 Å². The SMILES string of the molecule is Cc1ccc(OC(=O)N(C)C)c(N(C)C)c1. The van der Waals surface area contributed by atoms with Gasteiger partial charge in [0.1, 0.15) is 0 Å². The number of hydrogen-bond acceptors (Lipinski definition) is 3. The fraction of sp³-hybridized carbons (Fsp3) is 0.417. The zero-order valence-corrected chi connectivity index (χ0v) is 10.4. The van der Waals surface area contributed by atoms with Crippen LogP contribution in [0.15, 0.2) is 18.2 Å². The van der Waals surface area contributed by atoms with E-state index in [9.17, 15) is 4.79 Å². The van der Waals surface area contributed by atoms with Crippen LogP contribution in [0.3, 0.4) is 0 Å². The smallest absolute Gasteiger partial charge is 0.408 e. The molecule has 0 atom stereocenters. The summed E-state index contributed by atoms with van der Waals surface area (Å²) in [6.45, 7) is 2.00. The second-order valence-corrected chi connectivity index (χ2v) is 4.13. The predicted octanol–water partition coefficient (Wildman–Crippen LogP) is 2.12. The number of anilines is 1. The van der Waals surface area contributed by atoms with E-state index in [1.807, 2.05) is 44.1 Å². The summed E-state index contributed by atoms with van der Waals surface area (Å²) >= 11 is 0. The maximum Gasteiger partial charge on any atom is 0.414 e. The van der Waals surface area contributed by atoms with E-state index >= 15 is 0 Å².